The van der Waals surface area contributed by atoms with Gasteiger partial charge in [0.05, 0.1) is 10.9 Å². The highest BCUT2D eigenvalue weighted by atomic mass is 32.2. The van der Waals surface area contributed by atoms with Crippen molar-refractivity contribution in [2.45, 2.75) is 56.2 Å². The molecule has 2 aromatic rings. The lowest BCUT2D eigenvalue weighted by Crippen LogP contribution is -2.23. The molecule has 0 radical (unpaired) electrons. The fourth-order valence-electron chi connectivity index (χ4n) is 2.54. The van der Waals surface area contributed by atoms with Crippen LogP contribution >= 0.6 is 11.8 Å². The van der Waals surface area contributed by atoms with Gasteiger partial charge in [-0.15, -0.1) is 10.2 Å². The first kappa shape index (κ1) is 18.6. The topological polar surface area (TPSA) is 69.0 Å². The van der Waals surface area contributed by atoms with E-state index in [4.69, 9.17) is 0 Å². The SMILES string of the molecule is CCn1c(S[C@H](C)C(=O)Nc2ccccc2OC(F)F)nnc1C1CC1. The predicted molar refractivity (Wildman–Crippen MR) is 94.7 cm³/mol. The summed E-state index contributed by atoms with van der Waals surface area (Å²) in [4.78, 5) is 12.5. The minimum Gasteiger partial charge on any atom is -0.433 e. The Morgan fingerprint density at radius 3 is 2.77 bits per heavy atom. The summed E-state index contributed by atoms with van der Waals surface area (Å²) in [5, 5.41) is 11.3. The minimum atomic E-state index is -2.95. The molecule has 0 spiro atoms. The Labute approximate surface area is 154 Å². The number of alkyl halides is 2. The summed E-state index contributed by atoms with van der Waals surface area (Å²) in [6.45, 7) is 1.54. The molecule has 1 saturated carbocycles. The van der Waals surface area contributed by atoms with Crippen LogP contribution in [0.2, 0.25) is 0 Å². The molecule has 1 amide bonds. The highest BCUT2D eigenvalue weighted by Crippen LogP contribution is 2.40. The Hall–Kier alpha value is -2.16. The molecule has 6 nitrogen and oxygen atoms in total. The van der Waals surface area contributed by atoms with Gasteiger partial charge in [-0.1, -0.05) is 23.9 Å². The van der Waals surface area contributed by atoms with E-state index in [1.54, 1.807) is 19.1 Å². The third kappa shape index (κ3) is 4.32. The zero-order chi connectivity index (χ0) is 18.7. The quantitative estimate of drug-likeness (QED) is 0.702. The smallest absolute Gasteiger partial charge is 0.387 e. The predicted octanol–water partition coefficient (Wildman–Crippen LogP) is 3.90. The number of ether oxygens (including phenoxy) is 1. The van der Waals surface area contributed by atoms with E-state index in [0.29, 0.717) is 11.1 Å². The standard InChI is InChI=1S/C17H20F2N4O2S/c1-3-23-14(11-8-9-11)21-22-17(23)26-10(2)15(24)20-12-6-4-5-7-13(12)25-16(18)19/h4-7,10-11,16H,3,8-9H2,1-2H3,(H,20,24)/t10-/m1/s1. The van der Waals surface area contributed by atoms with Gasteiger partial charge >= 0.3 is 6.61 Å². The molecule has 1 fully saturated rings. The van der Waals surface area contributed by atoms with Crippen LogP contribution in [-0.4, -0.2) is 32.5 Å². The summed E-state index contributed by atoms with van der Waals surface area (Å²) < 4.78 is 31.4. The molecule has 140 valence electrons. The monoisotopic (exact) mass is 382 g/mol. The molecule has 1 aliphatic carbocycles. The molecule has 0 saturated heterocycles. The third-order valence-corrected chi connectivity index (χ3v) is 5.10. The fraction of sp³-hybridized carbons (Fsp3) is 0.471. The van der Waals surface area contributed by atoms with Gasteiger partial charge in [-0.05, 0) is 38.8 Å². The zero-order valence-electron chi connectivity index (χ0n) is 14.5. The molecule has 1 heterocycles. The van der Waals surface area contributed by atoms with Gasteiger partial charge in [-0.2, -0.15) is 8.78 Å². The van der Waals surface area contributed by atoms with Crippen molar-refractivity contribution in [3.05, 3.63) is 30.1 Å². The van der Waals surface area contributed by atoms with Crippen molar-refractivity contribution in [2.24, 2.45) is 0 Å². The highest BCUT2D eigenvalue weighted by Gasteiger charge is 2.30. The van der Waals surface area contributed by atoms with Crippen molar-refractivity contribution in [3.8, 4) is 5.75 Å². The molecule has 1 N–H and O–H groups in total. The number of rotatable bonds is 8. The summed E-state index contributed by atoms with van der Waals surface area (Å²) >= 11 is 1.30. The molecule has 3 rings (SSSR count). The lowest BCUT2D eigenvalue weighted by Gasteiger charge is -2.15. The molecule has 0 unspecified atom stereocenters. The van der Waals surface area contributed by atoms with E-state index in [1.165, 1.54) is 23.9 Å². The first-order valence-electron chi connectivity index (χ1n) is 8.44. The number of amides is 1. The molecular formula is C17H20F2N4O2S. The largest absolute Gasteiger partial charge is 0.433 e. The number of halogens is 2. The number of aromatic nitrogens is 3. The van der Waals surface area contributed by atoms with Crippen LogP contribution in [0.5, 0.6) is 5.75 Å². The van der Waals surface area contributed by atoms with Gasteiger partial charge in [0, 0.05) is 12.5 Å². The molecular weight excluding hydrogens is 362 g/mol. The summed E-state index contributed by atoms with van der Waals surface area (Å²) in [7, 11) is 0. The van der Waals surface area contributed by atoms with E-state index < -0.39 is 11.9 Å². The van der Waals surface area contributed by atoms with Gasteiger partial charge in [-0.3, -0.25) is 4.79 Å². The van der Waals surface area contributed by atoms with Crippen molar-refractivity contribution in [2.75, 3.05) is 5.32 Å². The average molecular weight is 382 g/mol. The number of hydrogen-bond acceptors (Lipinski definition) is 5. The second kappa shape index (κ2) is 8.03. The molecule has 1 aromatic heterocycles. The Kier molecular flexibility index (Phi) is 5.75. The summed E-state index contributed by atoms with van der Waals surface area (Å²) in [5.74, 6) is 1.05. The van der Waals surface area contributed by atoms with E-state index in [2.05, 4.69) is 20.3 Å². The summed E-state index contributed by atoms with van der Waals surface area (Å²) in [6, 6.07) is 6.11. The van der Waals surface area contributed by atoms with Crippen LogP contribution < -0.4 is 10.1 Å². The number of nitrogens with zero attached hydrogens (tertiary/aromatic N) is 3. The minimum absolute atomic E-state index is 0.0687. The number of anilines is 1. The van der Waals surface area contributed by atoms with Gasteiger partial charge in [0.1, 0.15) is 11.6 Å². The molecule has 0 bridgehead atoms. The molecule has 1 aliphatic rings. The lowest BCUT2D eigenvalue weighted by molar-refractivity contribution is -0.115. The van der Waals surface area contributed by atoms with E-state index in [1.807, 2.05) is 11.5 Å². The van der Waals surface area contributed by atoms with E-state index in [0.717, 1.165) is 25.2 Å². The maximum atomic E-state index is 12.5. The number of nitrogens with one attached hydrogen (secondary N) is 1. The lowest BCUT2D eigenvalue weighted by atomic mass is 10.3. The summed E-state index contributed by atoms with van der Waals surface area (Å²) in [6.07, 6.45) is 2.25. The number of carbonyl (C=O) groups is 1. The van der Waals surface area contributed by atoms with Crippen molar-refractivity contribution in [1.29, 1.82) is 0 Å². The normalized spacial score (nSPS) is 15.1. The van der Waals surface area contributed by atoms with Gasteiger partial charge < -0.3 is 14.6 Å². The van der Waals surface area contributed by atoms with Gasteiger partial charge in [0.25, 0.3) is 0 Å². The van der Waals surface area contributed by atoms with Crippen LogP contribution in [0, 0.1) is 0 Å². The second-order valence-corrected chi connectivity index (χ2v) is 7.29. The van der Waals surface area contributed by atoms with Gasteiger partial charge in [0.2, 0.25) is 5.91 Å². The van der Waals surface area contributed by atoms with Crippen LogP contribution in [0.4, 0.5) is 14.5 Å². The molecule has 26 heavy (non-hydrogen) atoms. The van der Waals surface area contributed by atoms with Gasteiger partial charge in [-0.25, -0.2) is 0 Å². The zero-order valence-corrected chi connectivity index (χ0v) is 15.3. The maximum absolute atomic E-state index is 12.5. The van der Waals surface area contributed by atoms with Gasteiger partial charge in [0.15, 0.2) is 5.16 Å². The van der Waals surface area contributed by atoms with E-state index >= 15 is 0 Å². The number of hydrogen-bond donors (Lipinski definition) is 1. The number of para-hydroxylation sites is 2. The maximum Gasteiger partial charge on any atom is 0.387 e. The second-order valence-electron chi connectivity index (χ2n) is 5.98. The Balaban J connectivity index is 1.67. The first-order chi connectivity index (χ1) is 12.5. The molecule has 1 aromatic carbocycles. The third-order valence-electron chi connectivity index (χ3n) is 4.02. The van der Waals surface area contributed by atoms with Crippen molar-refractivity contribution in [3.63, 3.8) is 0 Å². The Bertz CT molecular complexity index is 780. The molecule has 9 heteroatoms. The first-order valence-corrected chi connectivity index (χ1v) is 9.32. The summed E-state index contributed by atoms with van der Waals surface area (Å²) in [5.41, 5.74) is 0.209. The number of thioether (sulfide) groups is 1. The van der Waals surface area contributed by atoms with Crippen LogP contribution in [-0.2, 0) is 11.3 Å². The Morgan fingerprint density at radius 1 is 1.38 bits per heavy atom. The Morgan fingerprint density at radius 2 is 2.12 bits per heavy atom. The van der Waals surface area contributed by atoms with Crippen LogP contribution in [0.25, 0.3) is 0 Å². The molecule has 0 aliphatic heterocycles. The van der Waals surface area contributed by atoms with Crippen molar-refractivity contribution < 1.29 is 18.3 Å². The van der Waals surface area contributed by atoms with Crippen molar-refractivity contribution in [1.82, 2.24) is 14.8 Å². The molecule has 1 atom stereocenters. The van der Waals surface area contributed by atoms with Crippen LogP contribution in [0.3, 0.4) is 0 Å². The number of benzene rings is 1. The average Bonchev–Trinajstić information content (AvgIpc) is 3.37. The fourth-order valence-corrected chi connectivity index (χ4v) is 3.46. The van der Waals surface area contributed by atoms with Crippen molar-refractivity contribution >= 4 is 23.4 Å². The van der Waals surface area contributed by atoms with E-state index in [-0.39, 0.29) is 17.3 Å². The van der Waals surface area contributed by atoms with Crippen LogP contribution in [0.1, 0.15) is 38.4 Å². The van der Waals surface area contributed by atoms with Crippen LogP contribution in [0.15, 0.2) is 29.4 Å². The number of carbonyl (C=O) groups excluding carboxylic acids is 1. The van der Waals surface area contributed by atoms with E-state index in [9.17, 15) is 13.6 Å². The highest BCUT2D eigenvalue weighted by molar-refractivity contribution is 8.00.